The molecule has 4 rings (SSSR count). The number of nitrogens with two attached hydrogens (primary N) is 2. The van der Waals surface area contributed by atoms with E-state index in [4.69, 9.17) is 20.9 Å². The van der Waals surface area contributed by atoms with Crippen molar-refractivity contribution in [3.63, 3.8) is 0 Å². The van der Waals surface area contributed by atoms with Crippen molar-refractivity contribution in [3.8, 4) is 0 Å². The molecule has 4 fully saturated rings. The lowest BCUT2D eigenvalue weighted by Crippen LogP contribution is -2.48. The Morgan fingerprint density at radius 2 is 0.900 bits per heavy atom. The van der Waals surface area contributed by atoms with Crippen molar-refractivity contribution in [2.45, 2.75) is 139 Å². The molecular weight excluding hydrogens is 376 g/mol. The summed E-state index contributed by atoms with van der Waals surface area (Å²) < 4.78 is 12.7. The molecule has 4 aliphatic rings. The standard InChI is InChI=1S/C25H44N2O3/c26-24(15-3-1-4-16-24)29-21-11-7-19(8-12-21)23(28)20-9-13-22(14-10-20)30-25(27)17-5-2-6-18-25/h19-22H,1-18,26-27H2. The van der Waals surface area contributed by atoms with Crippen LogP contribution in [-0.4, -0.2) is 29.4 Å². The third kappa shape index (κ3) is 5.85. The second-order valence-electron chi connectivity index (χ2n) is 10.8. The van der Waals surface area contributed by atoms with Gasteiger partial charge in [-0.05, 0) is 103 Å². The number of hydrogen-bond donors (Lipinski definition) is 2. The maximum absolute atomic E-state index is 13.1. The average molecular weight is 421 g/mol. The third-order valence-corrected chi connectivity index (χ3v) is 8.36. The van der Waals surface area contributed by atoms with Crippen LogP contribution in [0.5, 0.6) is 0 Å². The summed E-state index contributed by atoms with van der Waals surface area (Å²) in [6.07, 6.45) is 19.6. The second kappa shape index (κ2) is 9.97. The van der Waals surface area contributed by atoms with Crippen LogP contribution in [0, 0.1) is 11.8 Å². The summed E-state index contributed by atoms with van der Waals surface area (Å²) in [4.78, 5) is 13.1. The lowest BCUT2D eigenvalue weighted by Gasteiger charge is -2.40. The molecule has 0 saturated heterocycles. The van der Waals surface area contributed by atoms with Crippen molar-refractivity contribution in [1.29, 1.82) is 0 Å². The zero-order chi connectivity index (χ0) is 21.0. The fourth-order valence-corrected chi connectivity index (χ4v) is 6.46. The quantitative estimate of drug-likeness (QED) is 0.594. The molecule has 0 unspecified atom stereocenters. The highest BCUT2D eigenvalue weighted by molar-refractivity contribution is 5.83. The van der Waals surface area contributed by atoms with Crippen molar-refractivity contribution in [2.75, 3.05) is 0 Å². The first-order valence-corrected chi connectivity index (χ1v) is 12.9. The van der Waals surface area contributed by atoms with E-state index >= 15 is 0 Å². The molecule has 0 aromatic heterocycles. The van der Waals surface area contributed by atoms with Crippen LogP contribution in [0.2, 0.25) is 0 Å². The maximum Gasteiger partial charge on any atom is 0.139 e. The van der Waals surface area contributed by atoms with Gasteiger partial charge in [0, 0.05) is 11.8 Å². The Morgan fingerprint density at radius 1 is 0.567 bits per heavy atom. The molecule has 0 aromatic rings. The predicted molar refractivity (Wildman–Crippen MR) is 119 cm³/mol. The van der Waals surface area contributed by atoms with Gasteiger partial charge in [-0.25, -0.2) is 0 Å². The number of hydrogen-bond acceptors (Lipinski definition) is 5. The molecule has 4 N–H and O–H groups in total. The van der Waals surface area contributed by atoms with Crippen molar-refractivity contribution in [2.24, 2.45) is 23.3 Å². The highest BCUT2D eigenvalue weighted by Gasteiger charge is 2.38. The van der Waals surface area contributed by atoms with Gasteiger partial charge in [0.25, 0.3) is 0 Å². The maximum atomic E-state index is 13.1. The summed E-state index contributed by atoms with van der Waals surface area (Å²) in [6.45, 7) is 0. The van der Waals surface area contributed by atoms with E-state index < -0.39 is 11.4 Å². The molecule has 0 bridgehead atoms. The summed E-state index contributed by atoms with van der Waals surface area (Å²) in [5.41, 5.74) is 12.1. The molecular formula is C25H44N2O3. The monoisotopic (exact) mass is 420 g/mol. The molecule has 5 nitrogen and oxygen atoms in total. The first-order valence-electron chi connectivity index (χ1n) is 12.9. The molecule has 4 saturated carbocycles. The minimum atomic E-state index is -0.406. The van der Waals surface area contributed by atoms with Gasteiger partial charge in [0.1, 0.15) is 17.2 Å². The Bertz CT molecular complexity index is 505. The Morgan fingerprint density at radius 3 is 1.23 bits per heavy atom. The van der Waals surface area contributed by atoms with Crippen LogP contribution in [0.3, 0.4) is 0 Å². The minimum Gasteiger partial charge on any atom is -0.358 e. The summed E-state index contributed by atoms with van der Waals surface area (Å²) >= 11 is 0. The fourth-order valence-electron chi connectivity index (χ4n) is 6.46. The number of ether oxygens (including phenoxy) is 2. The number of rotatable bonds is 6. The Hall–Kier alpha value is -0.490. The van der Waals surface area contributed by atoms with Gasteiger partial charge in [0.05, 0.1) is 12.2 Å². The van der Waals surface area contributed by atoms with E-state index in [0.29, 0.717) is 5.78 Å². The first kappa shape index (κ1) is 22.7. The number of Topliss-reactive ketones (excluding diaryl/α,β-unsaturated/α-hetero) is 1. The van der Waals surface area contributed by atoms with Gasteiger partial charge in [-0.2, -0.15) is 0 Å². The summed E-state index contributed by atoms with van der Waals surface area (Å²) in [5, 5.41) is 0. The van der Waals surface area contributed by atoms with Gasteiger partial charge >= 0.3 is 0 Å². The Labute approximate surface area is 183 Å². The normalized spacial score (nSPS) is 36.9. The zero-order valence-electron chi connectivity index (χ0n) is 18.9. The van der Waals surface area contributed by atoms with Gasteiger partial charge < -0.3 is 20.9 Å². The van der Waals surface area contributed by atoms with Crippen LogP contribution in [0.1, 0.15) is 116 Å². The molecule has 4 aliphatic carbocycles. The van der Waals surface area contributed by atoms with Crippen LogP contribution < -0.4 is 11.5 Å². The molecule has 172 valence electrons. The van der Waals surface area contributed by atoms with Gasteiger partial charge in [0.2, 0.25) is 0 Å². The van der Waals surface area contributed by atoms with E-state index in [2.05, 4.69) is 0 Å². The molecule has 0 heterocycles. The van der Waals surface area contributed by atoms with Gasteiger partial charge in [-0.3, -0.25) is 4.79 Å². The van der Waals surface area contributed by atoms with Crippen molar-refractivity contribution < 1.29 is 14.3 Å². The fraction of sp³-hybridized carbons (Fsp3) is 0.960. The zero-order valence-corrected chi connectivity index (χ0v) is 18.9. The van der Waals surface area contributed by atoms with Gasteiger partial charge in [-0.15, -0.1) is 0 Å². The Balaban J connectivity index is 1.18. The summed E-state index contributed by atoms with van der Waals surface area (Å²) in [6, 6.07) is 0. The smallest absolute Gasteiger partial charge is 0.139 e. The number of carbonyl (C=O) groups excluding carboxylic acids is 1. The minimum absolute atomic E-state index is 0.228. The molecule has 0 amide bonds. The Kier molecular flexibility index (Phi) is 7.55. The summed E-state index contributed by atoms with van der Waals surface area (Å²) in [7, 11) is 0. The van der Waals surface area contributed by atoms with Crippen LogP contribution >= 0.6 is 0 Å². The lowest BCUT2D eigenvalue weighted by molar-refractivity contribution is -0.141. The molecule has 0 atom stereocenters. The van der Waals surface area contributed by atoms with Crippen LogP contribution in [0.4, 0.5) is 0 Å². The van der Waals surface area contributed by atoms with Crippen molar-refractivity contribution in [1.82, 2.24) is 0 Å². The van der Waals surface area contributed by atoms with Crippen LogP contribution in [-0.2, 0) is 14.3 Å². The molecule has 0 aliphatic heterocycles. The van der Waals surface area contributed by atoms with E-state index in [1.165, 1.54) is 38.5 Å². The van der Waals surface area contributed by atoms with E-state index in [1.807, 2.05) is 0 Å². The van der Waals surface area contributed by atoms with E-state index in [1.54, 1.807) is 0 Å². The van der Waals surface area contributed by atoms with Gasteiger partial charge in [-0.1, -0.05) is 12.8 Å². The van der Waals surface area contributed by atoms with Crippen molar-refractivity contribution >= 4 is 5.78 Å². The number of ketones is 1. The SMILES string of the molecule is NC1(OC2CCC(C(=O)C3CCC(OC4(N)CCCCC4)CC3)CC2)CCCCC1. The van der Waals surface area contributed by atoms with Crippen molar-refractivity contribution in [3.05, 3.63) is 0 Å². The topological polar surface area (TPSA) is 87.6 Å². The average Bonchev–Trinajstić information content (AvgIpc) is 2.75. The molecule has 0 spiro atoms. The highest BCUT2D eigenvalue weighted by Crippen LogP contribution is 2.38. The lowest BCUT2D eigenvalue weighted by atomic mass is 9.75. The molecule has 0 radical (unpaired) electrons. The van der Waals surface area contributed by atoms with E-state index in [0.717, 1.165) is 77.0 Å². The van der Waals surface area contributed by atoms with E-state index in [9.17, 15) is 4.79 Å². The second-order valence-corrected chi connectivity index (χ2v) is 10.8. The largest absolute Gasteiger partial charge is 0.358 e. The molecule has 5 heteroatoms. The van der Waals surface area contributed by atoms with E-state index in [-0.39, 0.29) is 24.0 Å². The molecule has 0 aromatic carbocycles. The number of carbonyl (C=O) groups is 1. The predicted octanol–water partition coefficient (Wildman–Crippen LogP) is 4.94. The molecule has 30 heavy (non-hydrogen) atoms. The summed E-state index contributed by atoms with van der Waals surface area (Å²) in [5.74, 6) is 0.963. The van der Waals surface area contributed by atoms with Crippen LogP contribution in [0.15, 0.2) is 0 Å². The van der Waals surface area contributed by atoms with Gasteiger partial charge in [0.15, 0.2) is 0 Å². The highest BCUT2D eigenvalue weighted by atomic mass is 16.5. The van der Waals surface area contributed by atoms with Crippen LogP contribution in [0.25, 0.3) is 0 Å². The first-order chi connectivity index (χ1) is 14.4. The third-order valence-electron chi connectivity index (χ3n) is 8.36.